The molecule has 1 aromatic heterocycles. The summed E-state index contributed by atoms with van der Waals surface area (Å²) in [5, 5.41) is 19.4. The molecule has 0 bridgehead atoms. The number of aromatic amines is 1. The number of amides is 1. The van der Waals surface area contributed by atoms with Crippen LogP contribution in [0.2, 0.25) is 0 Å². The van der Waals surface area contributed by atoms with E-state index in [1.54, 1.807) is 12.3 Å². The Bertz CT molecular complexity index is 1010. The number of carbonyl (C=O) groups is 1. The van der Waals surface area contributed by atoms with Gasteiger partial charge in [0.2, 0.25) is 0 Å². The van der Waals surface area contributed by atoms with Gasteiger partial charge in [0.1, 0.15) is 11.6 Å². The normalized spacial score (nSPS) is 12.2. The standard InChI is InChI=1S/C23H22N4O/c1-3-17-9-11-18(12-10-17)16(2)26-23(28)20(14-24)13-21-15-25-27-22(21)19-7-5-4-6-8-19/h4-13,15-16H,3H2,1-2H3,(H,25,27)(H,26,28)/b20-13-/t16-/m0/s1. The number of hydrogen-bond acceptors (Lipinski definition) is 3. The van der Waals surface area contributed by atoms with Gasteiger partial charge in [-0.25, -0.2) is 0 Å². The highest BCUT2D eigenvalue weighted by molar-refractivity contribution is 6.02. The molecule has 2 N–H and O–H groups in total. The lowest BCUT2D eigenvalue weighted by molar-refractivity contribution is -0.117. The number of rotatable bonds is 6. The third-order valence-electron chi connectivity index (χ3n) is 4.63. The van der Waals surface area contributed by atoms with Crippen molar-refractivity contribution < 1.29 is 4.79 Å². The number of nitrogens with one attached hydrogen (secondary N) is 2. The van der Waals surface area contributed by atoms with Gasteiger partial charge in [-0.2, -0.15) is 10.4 Å². The van der Waals surface area contributed by atoms with Gasteiger partial charge in [0.15, 0.2) is 0 Å². The number of hydrogen-bond donors (Lipinski definition) is 2. The van der Waals surface area contributed by atoms with Gasteiger partial charge in [0, 0.05) is 11.1 Å². The van der Waals surface area contributed by atoms with E-state index in [2.05, 4.69) is 34.6 Å². The van der Waals surface area contributed by atoms with Crippen LogP contribution in [0.1, 0.15) is 36.6 Å². The molecule has 0 aliphatic carbocycles. The zero-order chi connectivity index (χ0) is 19.9. The van der Waals surface area contributed by atoms with Gasteiger partial charge in [-0.1, -0.05) is 61.5 Å². The molecule has 1 amide bonds. The summed E-state index contributed by atoms with van der Waals surface area (Å²) in [7, 11) is 0. The zero-order valence-corrected chi connectivity index (χ0v) is 15.9. The van der Waals surface area contributed by atoms with E-state index in [9.17, 15) is 10.1 Å². The lowest BCUT2D eigenvalue weighted by Crippen LogP contribution is -2.27. The third kappa shape index (κ3) is 4.36. The summed E-state index contributed by atoms with van der Waals surface area (Å²) < 4.78 is 0. The van der Waals surface area contributed by atoms with Crippen LogP contribution in [0.4, 0.5) is 0 Å². The minimum Gasteiger partial charge on any atom is -0.345 e. The summed E-state index contributed by atoms with van der Waals surface area (Å²) in [4.78, 5) is 12.6. The number of aryl methyl sites for hydroxylation is 1. The summed E-state index contributed by atoms with van der Waals surface area (Å²) in [5.74, 6) is -0.408. The molecular weight excluding hydrogens is 348 g/mol. The van der Waals surface area contributed by atoms with Crippen molar-refractivity contribution >= 4 is 12.0 Å². The van der Waals surface area contributed by atoms with Crippen molar-refractivity contribution in [2.24, 2.45) is 0 Å². The summed E-state index contributed by atoms with van der Waals surface area (Å²) in [5.41, 5.74) is 4.68. The predicted molar refractivity (Wildman–Crippen MR) is 110 cm³/mol. The first-order valence-electron chi connectivity index (χ1n) is 9.22. The number of aromatic nitrogens is 2. The largest absolute Gasteiger partial charge is 0.345 e. The van der Waals surface area contributed by atoms with Gasteiger partial charge in [-0.15, -0.1) is 0 Å². The molecule has 1 heterocycles. The first-order chi connectivity index (χ1) is 13.6. The minimum absolute atomic E-state index is 0.0376. The van der Waals surface area contributed by atoms with E-state index in [-0.39, 0.29) is 11.6 Å². The van der Waals surface area contributed by atoms with Crippen LogP contribution in [0, 0.1) is 11.3 Å². The highest BCUT2D eigenvalue weighted by Crippen LogP contribution is 2.23. The van der Waals surface area contributed by atoms with Crippen LogP contribution in [-0.4, -0.2) is 16.1 Å². The average Bonchev–Trinajstić information content (AvgIpc) is 3.20. The summed E-state index contributed by atoms with van der Waals surface area (Å²) >= 11 is 0. The van der Waals surface area contributed by atoms with E-state index in [4.69, 9.17) is 0 Å². The van der Waals surface area contributed by atoms with Gasteiger partial charge >= 0.3 is 0 Å². The Hall–Kier alpha value is -3.65. The number of H-pyrrole nitrogens is 1. The molecule has 0 aliphatic rings. The second-order valence-corrected chi connectivity index (χ2v) is 6.53. The Labute approximate surface area is 164 Å². The number of nitrogens with zero attached hydrogens (tertiary/aromatic N) is 2. The lowest BCUT2D eigenvalue weighted by atomic mass is 10.0. The first kappa shape index (κ1) is 19.1. The summed E-state index contributed by atoms with van der Waals surface area (Å²) in [6.45, 7) is 4.00. The van der Waals surface area contributed by atoms with E-state index in [0.717, 1.165) is 23.2 Å². The number of benzene rings is 2. The monoisotopic (exact) mass is 370 g/mol. The molecule has 1 atom stereocenters. The lowest BCUT2D eigenvalue weighted by Gasteiger charge is -2.14. The van der Waals surface area contributed by atoms with E-state index >= 15 is 0 Å². The number of carbonyl (C=O) groups excluding carboxylic acids is 1. The molecule has 2 aromatic carbocycles. The van der Waals surface area contributed by atoms with Gasteiger partial charge in [0.05, 0.1) is 17.9 Å². The maximum absolute atomic E-state index is 12.6. The molecule has 0 fully saturated rings. The summed E-state index contributed by atoms with van der Waals surface area (Å²) in [6, 6.07) is 19.6. The molecule has 5 nitrogen and oxygen atoms in total. The number of nitriles is 1. The van der Waals surface area contributed by atoms with Crippen molar-refractivity contribution in [3.63, 3.8) is 0 Å². The van der Waals surface area contributed by atoms with Crippen LogP contribution in [0.15, 0.2) is 66.4 Å². The molecule has 5 heteroatoms. The SMILES string of the molecule is CCc1ccc([C@H](C)NC(=O)/C(C#N)=C\c2cn[nH]c2-c2ccccc2)cc1. The van der Waals surface area contributed by atoms with Crippen LogP contribution < -0.4 is 5.32 Å². The molecular formula is C23H22N4O. The van der Waals surface area contributed by atoms with E-state index in [0.29, 0.717) is 5.56 Å². The van der Waals surface area contributed by atoms with Crippen LogP contribution in [0.25, 0.3) is 17.3 Å². The molecule has 0 spiro atoms. The fourth-order valence-corrected chi connectivity index (χ4v) is 2.94. The molecule has 28 heavy (non-hydrogen) atoms. The van der Waals surface area contributed by atoms with Gasteiger partial charge in [-0.05, 0) is 30.5 Å². The van der Waals surface area contributed by atoms with Crippen molar-refractivity contribution in [1.82, 2.24) is 15.5 Å². The maximum atomic E-state index is 12.6. The highest BCUT2D eigenvalue weighted by Gasteiger charge is 2.15. The zero-order valence-electron chi connectivity index (χ0n) is 15.9. The molecule has 0 unspecified atom stereocenters. The minimum atomic E-state index is -0.408. The molecule has 3 rings (SSSR count). The topological polar surface area (TPSA) is 81.6 Å². The molecule has 0 saturated heterocycles. The van der Waals surface area contributed by atoms with Crippen molar-refractivity contribution in [1.29, 1.82) is 5.26 Å². The average molecular weight is 370 g/mol. The molecule has 0 saturated carbocycles. The van der Waals surface area contributed by atoms with Crippen molar-refractivity contribution in [3.05, 3.63) is 83.1 Å². The molecule has 3 aromatic rings. The van der Waals surface area contributed by atoms with E-state index in [1.165, 1.54) is 5.56 Å². The molecule has 0 aliphatic heterocycles. The van der Waals surface area contributed by atoms with Crippen LogP contribution in [0.3, 0.4) is 0 Å². The van der Waals surface area contributed by atoms with Crippen LogP contribution in [-0.2, 0) is 11.2 Å². The Morgan fingerprint density at radius 1 is 1.21 bits per heavy atom. The Morgan fingerprint density at radius 3 is 2.57 bits per heavy atom. The maximum Gasteiger partial charge on any atom is 0.262 e. The second-order valence-electron chi connectivity index (χ2n) is 6.53. The van der Waals surface area contributed by atoms with Gasteiger partial charge in [0.25, 0.3) is 5.91 Å². The van der Waals surface area contributed by atoms with Gasteiger partial charge < -0.3 is 5.32 Å². The smallest absolute Gasteiger partial charge is 0.262 e. The molecule has 0 radical (unpaired) electrons. The molecule has 140 valence electrons. The van der Waals surface area contributed by atoms with Crippen molar-refractivity contribution in [3.8, 4) is 17.3 Å². The van der Waals surface area contributed by atoms with Crippen LogP contribution >= 0.6 is 0 Å². The Morgan fingerprint density at radius 2 is 1.93 bits per heavy atom. The second kappa shape index (κ2) is 8.83. The van der Waals surface area contributed by atoms with Crippen molar-refractivity contribution in [2.75, 3.05) is 0 Å². The Kier molecular flexibility index (Phi) is 6.03. The first-order valence-corrected chi connectivity index (χ1v) is 9.22. The Balaban J connectivity index is 1.79. The van der Waals surface area contributed by atoms with E-state index < -0.39 is 5.91 Å². The summed E-state index contributed by atoms with van der Waals surface area (Å²) in [6.07, 6.45) is 4.14. The van der Waals surface area contributed by atoms with Crippen molar-refractivity contribution in [2.45, 2.75) is 26.3 Å². The van der Waals surface area contributed by atoms with Crippen LogP contribution in [0.5, 0.6) is 0 Å². The fraction of sp³-hybridized carbons (Fsp3) is 0.174. The third-order valence-corrected chi connectivity index (χ3v) is 4.63. The quantitative estimate of drug-likeness (QED) is 0.498. The van der Waals surface area contributed by atoms with E-state index in [1.807, 2.05) is 55.5 Å². The fourth-order valence-electron chi connectivity index (χ4n) is 2.94. The van der Waals surface area contributed by atoms with Gasteiger partial charge in [-0.3, -0.25) is 9.89 Å². The highest BCUT2D eigenvalue weighted by atomic mass is 16.1. The predicted octanol–water partition coefficient (Wildman–Crippen LogP) is 4.42.